The highest BCUT2D eigenvalue weighted by Gasteiger charge is 2.25. The molecule has 1 aromatic heterocycles. The van der Waals surface area contributed by atoms with E-state index in [9.17, 15) is 4.79 Å². The normalized spacial score (nSPS) is 16.9. The minimum Gasteiger partial charge on any atom is -0.382 e. The Hall–Kier alpha value is -1.30. The van der Waals surface area contributed by atoms with Gasteiger partial charge in [-0.05, 0) is 32.1 Å². The van der Waals surface area contributed by atoms with E-state index in [1.165, 1.54) is 37.0 Å². The van der Waals surface area contributed by atoms with E-state index in [2.05, 4.69) is 24.1 Å². The lowest BCUT2D eigenvalue weighted by molar-refractivity contribution is 0.0932. The quantitative estimate of drug-likeness (QED) is 0.847. The Morgan fingerprint density at radius 1 is 1.52 bits per heavy atom. The molecule has 0 aliphatic heterocycles. The van der Waals surface area contributed by atoms with Crippen molar-refractivity contribution >= 4 is 28.2 Å². The minimum atomic E-state index is -0.0828. The van der Waals surface area contributed by atoms with E-state index in [0.29, 0.717) is 16.6 Å². The third-order valence-electron chi connectivity index (χ3n) is 4.20. The summed E-state index contributed by atoms with van der Waals surface area (Å²) >= 11 is 1.38. The van der Waals surface area contributed by atoms with Gasteiger partial charge in [-0.15, -0.1) is 0 Å². The molecule has 0 aromatic carbocycles. The van der Waals surface area contributed by atoms with Gasteiger partial charge in [0.25, 0.3) is 5.91 Å². The van der Waals surface area contributed by atoms with Crippen molar-refractivity contribution in [3.8, 4) is 0 Å². The monoisotopic (exact) mass is 310 g/mol. The Bertz CT molecular complexity index is 482. The summed E-state index contributed by atoms with van der Waals surface area (Å²) in [6, 6.07) is 0.207. The first-order valence-corrected chi connectivity index (χ1v) is 8.62. The topological polar surface area (TPSA) is 71.2 Å². The van der Waals surface area contributed by atoms with E-state index < -0.39 is 0 Å². The Labute approximate surface area is 130 Å². The fourth-order valence-electron chi connectivity index (χ4n) is 2.92. The molecule has 5 nitrogen and oxygen atoms in total. The number of nitrogen functional groups attached to an aromatic ring is 1. The van der Waals surface area contributed by atoms with Gasteiger partial charge in [0.05, 0.1) is 0 Å². The summed E-state index contributed by atoms with van der Waals surface area (Å²) < 4.78 is 0. The van der Waals surface area contributed by atoms with Gasteiger partial charge in [0.2, 0.25) is 0 Å². The van der Waals surface area contributed by atoms with Gasteiger partial charge in [-0.2, -0.15) is 0 Å². The first-order chi connectivity index (χ1) is 10.0. The molecule has 1 aliphatic rings. The first-order valence-electron chi connectivity index (χ1n) is 7.81. The number of rotatable bonds is 6. The summed E-state index contributed by atoms with van der Waals surface area (Å²) in [6.07, 6.45) is 6.02. The van der Waals surface area contributed by atoms with Crippen molar-refractivity contribution in [2.45, 2.75) is 52.0 Å². The van der Waals surface area contributed by atoms with Crippen molar-refractivity contribution < 1.29 is 4.79 Å². The minimum absolute atomic E-state index is 0.0828. The fraction of sp³-hybridized carbons (Fsp3) is 0.733. The lowest BCUT2D eigenvalue weighted by Gasteiger charge is -2.19. The highest BCUT2D eigenvalue weighted by atomic mass is 32.1. The third kappa shape index (κ3) is 3.87. The highest BCUT2D eigenvalue weighted by molar-refractivity contribution is 7.18. The maximum Gasteiger partial charge on any atom is 0.265 e. The van der Waals surface area contributed by atoms with Gasteiger partial charge in [-0.25, -0.2) is 4.98 Å². The number of nitrogens with zero attached hydrogens (tertiary/aromatic N) is 2. The molecule has 1 heterocycles. The molecule has 0 spiro atoms. The average Bonchev–Trinajstić information content (AvgIpc) is 3.07. The molecule has 0 bridgehead atoms. The van der Waals surface area contributed by atoms with E-state index in [-0.39, 0.29) is 11.9 Å². The Morgan fingerprint density at radius 3 is 2.81 bits per heavy atom. The van der Waals surface area contributed by atoms with Crippen molar-refractivity contribution in [3.05, 3.63) is 4.88 Å². The lowest BCUT2D eigenvalue weighted by Crippen LogP contribution is -2.37. The summed E-state index contributed by atoms with van der Waals surface area (Å²) in [6.45, 7) is 5.12. The van der Waals surface area contributed by atoms with Crippen LogP contribution in [0.2, 0.25) is 0 Å². The summed E-state index contributed by atoms with van der Waals surface area (Å²) in [5, 5.41) is 3.91. The smallest absolute Gasteiger partial charge is 0.265 e. The summed E-state index contributed by atoms with van der Waals surface area (Å²) in [5.41, 5.74) is 5.92. The molecule has 1 fully saturated rings. The van der Waals surface area contributed by atoms with Crippen LogP contribution in [0.5, 0.6) is 0 Å². The second kappa shape index (κ2) is 7.11. The SMILES string of the molecule is CCCN(C)c1nc(N)c(C(=O)NC(C)C2CCCC2)s1. The number of nitrogens with two attached hydrogens (primary N) is 1. The first kappa shape index (κ1) is 16.1. The van der Waals surface area contributed by atoms with Crippen LogP contribution in [0.3, 0.4) is 0 Å². The van der Waals surface area contributed by atoms with Crippen LogP contribution in [0.15, 0.2) is 0 Å². The third-order valence-corrected chi connectivity index (χ3v) is 5.38. The van der Waals surface area contributed by atoms with E-state index in [1.54, 1.807) is 0 Å². The second-order valence-electron chi connectivity index (χ2n) is 5.94. The van der Waals surface area contributed by atoms with Gasteiger partial charge >= 0.3 is 0 Å². The van der Waals surface area contributed by atoms with Gasteiger partial charge in [0.1, 0.15) is 10.7 Å². The molecule has 1 unspecified atom stereocenters. The predicted octanol–water partition coefficient (Wildman–Crippen LogP) is 2.88. The number of hydrogen-bond donors (Lipinski definition) is 2. The van der Waals surface area contributed by atoms with Crippen LogP contribution in [0, 0.1) is 5.92 Å². The van der Waals surface area contributed by atoms with Gasteiger partial charge in [0, 0.05) is 19.6 Å². The van der Waals surface area contributed by atoms with Gasteiger partial charge in [0.15, 0.2) is 5.13 Å². The number of amides is 1. The molecule has 0 radical (unpaired) electrons. The number of carbonyl (C=O) groups is 1. The predicted molar refractivity (Wildman–Crippen MR) is 89.0 cm³/mol. The molecule has 1 aliphatic carbocycles. The zero-order valence-corrected chi connectivity index (χ0v) is 14.0. The van der Waals surface area contributed by atoms with Crippen molar-refractivity contribution in [2.24, 2.45) is 5.92 Å². The van der Waals surface area contributed by atoms with Crippen LogP contribution in [-0.2, 0) is 0 Å². The maximum absolute atomic E-state index is 12.4. The van der Waals surface area contributed by atoms with Crippen LogP contribution in [0.25, 0.3) is 0 Å². The van der Waals surface area contributed by atoms with Crippen LogP contribution >= 0.6 is 11.3 Å². The van der Waals surface area contributed by atoms with E-state index in [4.69, 9.17) is 5.73 Å². The zero-order valence-electron chi connectivity index (χ0n) is 13.2. The number of hydrogen-bond acceptors (Lipinski definition) is 5. The molecular weight excluding hydrogens is 284 g/mol. The van der Waals surface area contributed by atoms with E-state index in [0.717, 1.165) is 18.1 Å². The average molecular weight is 310 g/mol. The number of carbonyl (C=O) groups excluding carboxylic acids is 1. The van der Waals surface area contributed by atoms with E-state index in [1.807, 2.05) is 11.9 Å². The molecule has 2 rings (SSSR count). The van der Waals surface area contributed by atoms with Crippen molar-refractivity contribution in [1.82, 2.24) is 10.3 Å². The van der Waals surface area contributed by atoms with Crippen molar-refractivity contribution in [2.75, 3.05) is 24.2 Å². The molecule has 21 heavy (non-hydrogen) atoms. The molecule has 1 amide bonds. The van der Waals surface area contributed by atoms with Crippen molar-refractivity contribution in [1.29, 1.82) is 0 Å². The van der Waals surface area contributed by atoms with Crippen LogP contribution < -0.4 is 16.0 Å². The number of nitrogens with one attached hydrogen (secondary N) is 1. The van der Waals surface area contributed by atoms with Crippen molar-refractivity contribution in [3.63, 3.8) is 0 Å². The Kier molecular flexibility index (Phi) is 5.45. The summed E-state index contributed by atoms with van der Waals surface area (Å²) in [5.74, 6) is 0.861. The molecule has 3 N–H and O–H groups in total. The van der Waals surface area contributed by atoms with Gasteiger partial charge in [-0.3, -0.25) is 4.79 Å². The number of aromatic nitrogens is 1. The number of thiazole rings is 1. The molecule has 1 saturated carbocycles. The van der Waals surface area contributed by atoms with Crippen LogP contribution in [0.4, 0.5) is 10.9 Å². The maximum atomic E-state index is 12.4. The van der Waals surface area contributed by atoms with Gasteiger partial charge < -0.3 is 16.0 Å². The van der Waals surface area contributed by atoms with Crippen LogP contribution in [0.1, 0.15) is 55.6 Å². The fourth-order valence-corrected chi connectivity index (χ4v) is 3.80. The molecule has 1 atom stereocenters. The standard InChI is InChI=1S/C15H26N4OS/c1-4-9-19(3)15-18-13(16)12(21-15)14(20)17-10(2)11-7-5-6-8-11/h10-11H,4-9,16H2,1-3H3,(H,17,20). The summed E-state index contributed by atoms with van der Waals surface area (Å²) in [7, 11) is 1.98. The van der Waals surface area contributed by atoms with Gasteiger partial charge in [-0.1, -0.05) is 31.1 Å². The second-order valence-corrected chi connectivity index (χ2v) is 6.92. The summed E-state index contributed by atoms with van der Waals surface area (Å²) in [4.78, 5) is 19.3. The number of anilines is 2. The van der Waals surface area contributed by atoms with E-state index >= 15 is 0 Å². The zero-order chi connectivity index (χ0) is 15.4. The lowest BCUT2D eigenvalue weighted by atomic mass is 10.00. The Balaban J connectivity index is 2.01. The molecule has 118 valence electrons. The van der Waals surface area contributed by atoms with Crippen LogP contribution in [-0.4, -0.2) is 30.5 Å². The molecule has 1 aromatic rings. The largest absolute Gasteiger partial charge is 0.382 e. The highest BCUT2D eigenvalue weighted by Crippen LogP contribution is 2.30. The Morgan fingerprint density at radius 2 is 2.19 bits per heavy atom. The molecular formula is C15H26N4OS. The molecule has 6 heteroatoms. The molecule has 0 saturated heterocycles.